The fourth-order valence-corrected chi connectivity index (χ4v) is 2.46. The number of ether oxygens (including phenoxy) is 1. The Morgan fingerprint density at radius 2 is 1.78 bits per heavy atom. The second-order valence-corrected chi connectivity index (χ2v) is 7.18. The molecule has 0 heterocycles. The van der Waals surface area contributed by atoms with Crippen molar-refractivity contribution in [2.75, 3.05) is 6.61 Å². The standard InChI is InChI=1S/C21H38O2/c1-6-7-8-9-16-23-21(22)17-20(5)15-11-14-19(4)13-10-12-18(2)3/h11,15,17-19H,6-10,12-14,16H2,1-5H3/b15-11+,20-17+. The van der Waals surface area contributed by atoms with Crippen molar-refractivity contribution in [2.45, 2.75) is 86.0 Å². The highest BCUT2D eigenvalue weighted by molar-refractivity contribution is 5.83. The van der Waals surface area contributed by atoms with Gasteiger partial charge in [0.1, 0.15) is 0 Å². The molecular formula is C21H38O2. The normalized spacial score (nSPS) is 13.7. The van der Waals surface area contributed by atoms with Gasteiger partial charge in [0.2, 0.25) is 0 Å². The van der Waals surface area contributed by atoms with Crippen molar-refractivity contribution in [3.63, 3.8) is 0 Å². The van der Waals surface area contributed by atoms with E-state index in [1.54, 1.807) is 6.08 Å². The minimum atomic E-state index is -0.214. The molecule has 134 valence electrons. The van der Waals surface area contributed by atoms with Crippen LogP contribution in [0.25, 0.3) is 0 Å². The number of carbonyl (C=O) groups excluding carboxylic acids is 1. The molecule has 0 fully saturated rings. The number of esters is 1. The van der Waals surface area contributed by atoms with Crippen LogP contribution in [0.3, 0.4) is 0 Å². The Balaban J connectivity index is 3.87. The van der Waals surface area contributed by atoms with Gasteiger partial charge in [-0.1, -0.05) is 78.4 Å². The lowest BCUT2D eigenvalue weighted by molar-refractivity contribution is -0.137. The molecule has 0 aromatic carbocycles. The number of rotatable bonds is 13. The van der Waals surface area contributed by atoms with Crippen molar-refractivity contribution in [1.82, 2.24) is 0 Å². The molecule has 0 aromatic rings. The lowest BCUT2D eigenvalue weighted by Crippen LogP contribution is -2.03. The first-order valence-electron chi connectivity index (χ1n) is 9.47. The predicted molar refractivity (Wildman–Crippen MR) is 100 cm³/mol. The molecule has 0 saturated carbocycles. The topological polar surface area (TPSA) is 26.3 Å². The smallest absolute Gasteiger partial charge is 0.331 e. The van der Waals surface area contributed by atoms with Crippen LogP contribution in [0.15, 0.2) is 23.8 Å². The van der Waals surface area contributed by atoms with Crippen molar-refractivity contribution in [2.24, 2.45) is 11.8 Å². The minimum absolute atomic E-state index is 0.214. The first-order valence-corrected chi connectivity index (χ1v) is 9.47. The van der Waals surface area contributed by atoms with Gasteiger partial charge in [-0.25, -0.2) is 4.79 Å². The van der Waals surface area contributed by atoms with Gasteiger partial charge in [-0.05, 0) is 37.2 Å². The number of unbranched alkanes of at least 4 members (excludes halogenated alkanes) is 3. The van der Waals surface area contributed by atoms with Crippen molar-refractivity contribution >= 4 is 5.97 Å². The van der Waals surface area contributed by atoms with Crippen LogP contribution in [0.1, 0.15) is 86.0 Å². The van der Waals surface area contributed by atoms with Gasteiger partial charge in [0.15, 0.2) is 0 Å². The van der Waals surface area contributed by atoms with E-state index in [1.165, 1.54) is 32.1 Å². The quantitative estimate of drug-likeness (QED) is 0.168. The monoisotopic (exact) mass is 322 g/mol. The van der Waals surface area contributed by atoms with Gasteiger partial charge in [0, 0.05) is 6.08 Å². The summed E-state index contributed by atoms with van der Waals surface area (Å²) in [6.45, 7) is 11.5. The molecule has 0 radical (unpaired) electrons. The van der Waals surface area contributed by atoms with Crippen LogP contribution in [-0.4, -0.2) is 12.6 Å². The second kappa shape index (κ2) is 14.5. The van der Waals surface area contributed by atoms with Gasteiger partial charge in [0.05, 0.1) is 6.61 Å². The van der Waals surface area contributed by atoms with E-state index < -0.39 is 0 Å². The lowest BCUT2D eigenvalue weighted by atomic mass is 9.97. The largest absolute Gasteiger partial charge is 0.463 e. The van der Waals surface area contributed by atoms with Gasteiger partial charge in [-0.2, -0.15) is 0 Å². The molecule has 0 aliphatic carbocycles. The highest BCUT2D eigenvalue weighted by Gasteiger charge is 2.02. The first kappa shape index (κ1) is 21.9. The molecule has 1 unspecified atom stereocenters. The van der Waals surface area contributed by atoms with Crippen molar-refractivity contribution in [3.8, 4) is 0 Å². The van der Waals surface area contributed by atoms with Gasteiger partial charge < -0.3 is 4.74 Å². The summed E-state index contributed by atoms with van der Waals surface area (Å²) in [5.74, 6) is 1.30. The van der Waals surface area contributed by atoms with Gasteiger partial charge in [-0.3, -0.25) is 0 Å². The van der Waals surface area contributed by atoms with E-state index in [1.807, 2.05) is 13.0 Å². The van der Waals surface area contributed by atoms with Crippen LogP contribution >= 0.6 is 0 Å². The highest BCUT2D eigenvalue weighted by Crippen LogP contribution is 2.16. The molecule has 0 aliphatic rings. The van der Waals surface area contributed by atoms with E-state index in [0.29, 0.717) is 12.5 Å². The molecule has 0 amide bonds. The molecule has 1 atom stereocenters. The maximum atomic E-state index is 11.7. The Bertz CT molecular complexity index is 353. The molecule has 0 saturated heterocycles. The Kier molecular flexibility index (Phi) is 13.9. The maximum Gasteiger partial charge on any atom is 0.331 e. The van der Waals surface area contributed by atoms with E-state index in [-0.39, 0.29) is 5.97 Å². The fourth-order valence-electron chi connectivity index (χ4n) is 2.46. The molecule has 2 nitrogen and oxygen atoms in total. The molecule has 0 N–H and O–H groups in total. The summed E-state index contributed by atoms with van der Waals surface area (Å²) in [4.78, 5) is 11.7. The van der Waals surface area contributed by atoms with Crippen LogP contribution in [-0.2, 0) is 9.53 Å². The van der Waals surface area contributed by atoms with E-state index in [2.05, 4.69) is 33.8 Å². The molecule has 2 heteroatoms. The van der Waals surface area contributed by atoms with E-state index in [0.717, 1.165) is 30.8 Å². The average Bonchev–Trinajstić information content (AvgIpc) is 2.46. The maximum absolute atomic E-state index is 11.7. The van der Waals surface area contributed by atoms with E-state index >= 15 is 0 Å². The SMILES string of the molecule is CCCCCCOC(=O)/C=C(C)/C=C/CC(C)CCCC(C)C. The second-order valence-electron chi connectivity index (χ2n) is 7.18. The van der Waals surface area contributed by atoms with Crippen molar-refractivity contribution in [1.29, 1.82) is 0 Å². The van der Waals surface area contributed by atoms with E-state index in [9.17, 15) is 4.79 Å². The predicted octanol–water partition coefficient (Wildman–Crippen LogP) is 6.46. The van der Waals surface area contributed by atoms with Crippen molar-refractivity contribution < 1.29 is 9.53 Å². The molecular weight excluding hydrogens is 284 g/mol. The van der Waals surface area contributed by atoms with Crippen molar-refractivity contribution in [3.05, 3.63) is 23.8 Å². The Morgan fingerprint density at radius 3 is 2.43 bits per heavy atom. The summed E-state index contributed by atoms with van der Waals surface area (Å²) in [7, 11) is 0. The number of allylic oxidation sites excluding steroid dienone is 3. The molecule has 0 rings (SSSR count). The summed E-state index contributed by atoms with van der Waals surface area (Å²) >= 11 is 0. The van der Waals surface area contributed by atoms with E-state index in [4.69, 9.17) is 4.74 Å². The third-order valence-corrected chi connectivity index (χ3v) is 3.99. The van der Waals surface area contributed by atoms with Gasteiger partial charge in [-0.15, -0.1) is 0 Å². The molecule has 0 aromatic heterocycles. The zero-order chi connectivity index (χ0) is 17.5. The Labute approximate surface area is 144 Å². The lowest BCUT2D eigenvalue weighted by Gasteiger charge is -2.09. The molecule has 0 spiro atoms. The number of hydrogen-bond acceptors (Lipinski definition) is 2. The summed E-state index contributed by atoms with van der Waals surface area (Å²) in [5, 5.41) is 0. The number of hydrogen-bond donors (Lipinski definition) is 0. The third-order valence-electron chi connectivity index (χ3n) is 3.99. The molecule has 0 aliphatic heterocycles. The Hall–Kier alpha value is -1.05. The zero-order valence-electron chi connectivity index (χ0n) is 16.1. The van der Waals surface area contributed by atoms with Gasteiger partial charge >= 0.3 is 5.97 Å². The molecule has 23 heavy (non-hydrogen) atoms. The fraction of sp³-hybridized carbons (Fsp3) is 0.762. The van der Waals surface area contributed by atoms with Crippen LogP contribution < -0.4 is 0 Å². The first-order chi connectivity index (χ1) is 11.0. The van der Waals surface area contributed by atoms with Crippen LogP contribution in [0.5, 0.6) is 0 Å². The minimum Gasteiger partial charge on any atom is -0.463 e. The summed E-state index contributed by atoms with van der Waals surface area (Å²) in [5.41, 5.74) is 0.970. The van der Waals surface area contributed by atoms with Crippen LogP contribution in [0.2, 0.25) is 0 Å². The summed E-state index contributed by atoms with van der Waals surface area (Å²) in [6.07, 6.45) is 15.3. The van der Waals surface area contributed by atoms with Crippen LogP contribution in [0, 0.1) is 11.8 Å². The van der Waals surface area contributed by atoms with Crippen LogP contribution in [0.4, 0.5) is 0 Å². The number of carbonyl (C=O) groups is 1. The zero-order valence-corrected chi connectivity index (χ0v) is 16.1. The highest BCUT2D eigenvalue weighted by atomic mass is 16.5. The Morgan fingerprint density at radius 1 is 1.04 bits per heavy atom. The molecule has 0 bridgehead atoms. The third kappa shape index (κ3) is 15.6. The average molecular weight is 323 g/mol. The summed E-state index contributed by atoms with van der Waals surface area (Å²) in [6, 6.07) is 0. The summed E-state index contributed by atoms with van der Waals surface area (Å²) < 4.78 is 5.21. The van der Waals surface area contributed by atoms with Gasteiger partial charge in [0.25, 0.3) is 0 Å².